The Labute approximate surface area is 197 Å². The normalized spacial score (nSPS) is 13.0. The standard InChI is InChI=1S/C23H20F3N5O4/c1-13-7-16(30-22(33)29-15-3-2-4-17(9-15)35-23(24,25)26)10-18(8-13)34-20-11-19(27-12-28-20)31-21(32)14-5-6-14/h2-4,7-12,14H,5-6H2,1H3,(H2,29,30,33)(H,27,28,31,32). The highest BCUT2D eigenvalue weighted by atomic mass is 19.4. The molecule has 3 N–H and O–H groups in total. The van der Waals surface area contributed by atoms with Crippen LogP contribution >= 0.6 is 0 Å². The minimum atomic E-state index is -4.84. The van der Waals surface area contributed by atoms with Gasteiger partial charge in [0.25, 0.3) is 0 Å². The Morgan fingerprint density at radius 3 is 2.43 bits per heavy atom. The zero-order valence-electron chi connectivity index (χ0n) is 18.3. The number of rotatable bonds is 7. The van der Waals surface area contributed by atoms with Crippen LogP contribution in [-0.4, -0.2) is 28.3 Å². The number of aryl methyl sites for hydroxylation is 1. The molecule has 1 aliphatic rings. The fourth-order valence-corrected chi connectivity index (χ4v) is 3.10. The number of urea groups is 1. The molecule has 1 aliphatic carbocycles. The van der Waals surface area contributed by atoms with Crippen LogP contribution in [-0.2, 0) is 4.79 Å². The fraction of sp³-hybridized carbons (Fsp3) is 0.217. The van der Waals surface area contributed by atoms with Gasteiger partial charge in [-0.25, -0.2) is 14.8 Å². The first-order chi connectivity index (χ1) is 16.6. The molecule has 0 aliphatic heterocycles. The van der Waals surface area contributed by atoms with Gasteiger partial charge in [0.1, 0.15) is 23.6 Å². The molecule has 12 heteroatoms. The third kappa shape index (κ3) is 7.32. The van der Waals surface area contributed by atoms with E-state index >= 15 is 0 Å². The maximum atomic E-state index is 12.4. The summed E-state index contributed by atoms with van der Waals surface area (Å²) in [6, 6.07) is 10.6. The molecule has 0 bridgehead atoms. The Morgan fingerprint density at radius 1 is 0.943 bits per heavy atom. The molecule has 1 heterocycles. The number of aromatic nitrogens is 2. The van der Waals surface area contributed by atoms with E-state index < -0.39 is 18.1 Å². The molecule has 1 fully saturated rings. The fourth-order valence-electron chi connectivity index (χ4n) is 3.10. The Balaban J connectivity index is 1.40. The molecule has 35 heavy (non-hydrogen) atoms. The predicted octanol–water partition coefficient (Wildman–Crippen LogP) is 5.47. The summed E-state index contributed by atoms with van der Waals surface area (Å²) in [5, 5.41) is 7.76. The van der Waals surface area contributed by atoms with Crippen LogP contribution in [0.3, 0.4) is 0 Å². The number of hydrogen-bond acceptors (Lipinski definition) is 6. The molecule has 9 nitrogen and oxygen atoms in total. The van der Waals surface area contributed by atoms with Crippen LogP contribution in [0.25, 0.3) is 0 Å². The van der Waals surface area contributed by atoms with Crippen molar-refractivity contribution in [2.24, 2.45) is 5.92 Å². The van der Waals surface area contributed by atoms with Gasteiger partial charge in [0.05, 0.1) is 0 Å². The molecular weight excluding hydrogens is 467 g/mol. The van der Waals surface area contributed by atoms with Crippen molar-refractivity contribution in [3.8, 4) is 17.4 Å². The number of benzene rings is 2. The summed E-state index contributed by atoms with van der Waals surface area (Å²) in [7, 11) is 0. The first-order valence-corrected chi connectivity index (χ1v) is 10.5. The Morgan fingerprint density at radius 2 is 1.69 bits per heavy atom. The Bertz CT molecular complexity index is 1250. The Kier molecular flexibility index (Phi) is 6.71. The van der Waals surface area contributed by atoms with Crippen molar-refractivity contribution in [1.82, 2.24) is 9.97 Å². The molecule has 0 radical (unpaired) electrons. The SMILES string of the molecule is Cc1cc(NC(=O)Nc2cccc(OC(F)(F)F)c2)cc(Oc2cc(NC(=O)C3CC3)ncn2)c1. The summed E-state index contributed by atoms with van der Waals surface area (Å²) < 4.78 is 46.8. The van der Waals surface area contributed by atoms with Gasteiger partial charge in [0.2, 0.25) is 11.8 Å². The van der Waals surface area contributed by atoms with Crippen LogP contribution in [0.15, 0.2) is 54.9 Å². The summed E-state index contributed by atoms with van der Waals surface area (Å²) >= 11 is 0. The number of carbonyl (C=O) groups excluding carboxylic acids is 2. The van der Waals surface area contributed by atoms with Gasteiger partial charge < -0.3 is 25.4 Å². The van der Waals surface area contributed by atoms with Crippen molar-refractivity contribution in [2.45, 2.75) is 26.1 Å². The molecule has 3 amide bonds. The second kappa shape index (κ2) is 9.87. The highest BCUT2D eigenvalue weighted by Gasteiger charge is 2.31. The summed E-state index contributed by atoms with van der Waals surface area (Å²) in [6.45, 7) is 1.79. The molecule has 0 spiro atoms. The van der Waals surface area contributed by atoms with Crippen molar-refractivity contribution >= 4 is 29.1 Å². The van der Waals surface area contributed by atoms with E-state index in [1.165, 1.54) is 24.5 Å². The molecule has 1 saturated carbocycles. The highest BCUT2D eigenvalue weighted by Crippen LogP contribution is 2.31. The van der Waals surface area contributed by atoms with Crippen molar-refractivity contribution in [3.63, 3.8) is 0 Å². The monoisotopic (exact) mass is 487 g/mol. The van der Waals surface area contributed by atoms with Crippen LogP contribution < -0.4 is 25.4 Å². The van der Waals surface area contributed by atoms with E-state index in [0.29, 0.717) is 17.3 Å². The molecule has 182 valence electrons. The number of halogens is 3. The zero-order chi connectivity index (χ0) is 25.0. The van der Waals surface area contributed by atoms with Gasteiger partial charge in [0, 0.05) is 35.5 Å². The van der Waals surface area contributed by atoms with Crippen molar-refractivity contribution < 1.29 is 32.2 Å². The van der Waals surface area contributed by atoms with E-state index in [1.807, 2.05) is 0 Å². The van der Waals surface area contributed by atoms with E-state index in [0.717, 1.165) is 30.5 Å². The number of alkyl halides is 3. The molecule has 1 aromatic heterocycles. The summed E-state index contributed by atoms with van der Waals surface area (Å²) in [5.74, 6) is 0.324. The first-order valence-electron chi connectivity index (χ1n) is 10.5. The highest BCUT2D eigenvalue weighted by molar-refractivity contribution is 6.00. The molecule has 0 saturated heterocycles. The second-order valence-electron chi connectivity index (χ2n) is 7.80. The molecule has 4 rings (SSSR count). The minimum Gasteiger partial charge on any atom is -0.439 e. The van der Waals surface area contributed by atoms with Gasteiger partial charge in [-0.05, 0) is 49.6 Å². The van der Waals surface area contributed by atoms with E-state index in [4.69, 9.17) is 4.74 Å². The number of nitrogens with zero attached hydrogens (tertiary/aromatic N) is 2. The average Bonchev–Trinajstić information content (AvgIpc) is 3.58. The molecule has 0 unspecified atom stereocenters. The number of anilines is 3. The van der Waals surface area contributed by atoms with Crippen molar-refractivity contribution in [3.05, 3.63) is 60.4 Å². The van der Waals surface area contributed by atoms with Gasteiger partial charge in [-0.3, -0.25) is 4.79 Å². The summed E-state index contributed by atoms with van der Waals surface area (Å²) in [4.78, 5) is 32.4. The lowest BCUT2D eigenvalue weighted by atomic mass is 10.2. The van der Waals surface area contributed by atoms with Gasteiger partial charge in [0.15, 0.2) is 0 Å². The zero-order valence-corrected chi connectivity index (χ0v) is 18.3. The largest absolute Gasteiger partial charge is 0.573 e. The topological polar surface area (TPSA) is 114 Å². The van der Waals surface area contributed by atoms with Crippen LogP contribution in [0.2, 0.25) is 0 Å². The molecule has 2 aromatic carbocycles. The van der Waals surface area contributed by atoms with Crippen LogP contribution in [0, 0.1) is 12.8 Å². The smallest absolute Gasteiger partial charge is 0.439 e. The van der Waals surface area contributed by atoms with Crippen LogP contribution in [0.1, 0.15) is 18.4 Å². The predicted molar refractivity (Wildman–Crippen MR) is 120 cm³/mol. The van der Waals surface area contributed by atoms with E-state index in [2.05, 4.69) is 30.7 Å². The van der Waals surface area contributed by atoms with Gasteiger partial charge in [-0.2, -0.15) is 0 Å². The van der Waals surface area contributed by atoms with Gasteiger partial charge >= 0.3 is 12.4 Å². The number of nitrogens with one attached hydrogen (secondary N) is 3. The average molecular weight is 487 g/mol. The second-order valence-corrected chi connectivity index (χ2v) is 7.80. The van der Waals surface area contributed by atoms with E-state index in [1.54, 1.807) is 25.1 Å². The number of carbonyl (C=O) groups is 2. The van der Waals surface area contributed by atoms with Crippen LogP contribution in [0.5, 0.6) is 17.4 Å². The van der Waals surface area contributed by atoms with Gasteiger partial charge in [-0.1, -0.05) is 6.07 Å². The first kappa shape index (κ1) is 23.8. The van der Waals surface area contributed by atoms with Crippen molar-refractivity contribution in [1.29, 1.82) is 0 Å². The quantitative estimate of drug-likeness (QED) is 0.407. The molecule has 3 aromatic rings. The number of hydrogen-bond donors (Lipinski definition) is 3. The summed E-state index contributed by atoms with van der Waals surface area (Å²) in [5.41, 5.74) is 1.24. The number of ether oxygens (including phenoxy) is 2. The van der Waals surface area contributed by atoms with Crippen LogP contribution in [0.4, 0.5) is 35.2 Å². The summed E-state index contributed by atoms with van der Waals surface area (Å²) in [6.07, 6.45) is -1.86. The van der Waals surface area contributed by atoms with E-state index in [-0.39, 0.29) is 23.4 Å². The molecular formula is C23H20F3N5O4. The maximum Gasteiger partial charge on any atom is 0.573 e. The minimum absolute atomic E-state index is 0.0190. The van der Waals surface area contributed by atoms with E-state index in [9.17, 15) is 22.8 Å². The Hall–Kier alpha value is -4.35. The maximum absolute atomic E-state index is 12.4. The molecule has 0 atom stereocenters. The lowest BCUT2D eigenvalue weighted by Crippen LogP contribution is -2.20. The van der Waals surface area contributed by atoms with Gasteiger partial charge in [-0.15, -0.1) is 13.2 Å². The third-order valence-electron chi connectivity index (χ3n) is 4.70. The third-order valence-corrected chi connectivity index (χ3v) is 4.70. The lowest BCUT2D eigenvalue weighted by molar-refractivity contribution is -0.274. The van der Waals surface area contributed by atoms with Crippen molar-refractivity contribution in [2.75, 3.05) is 16.0 Å². The lowest BCUT2D eigenvalue weighted by Gasteiger charge is -2.13. The number of amides is 3.